The first kappa shape index (κ1) is 29.4. The molecule has 0 fully saturated rings. The van der Waals surface area contributed by atoms with Gasteiger partial charge >= 0.3 is 6.09 Å². The Morgan fingerprint density at radius 2 is 1.42 bits per heavy atom. The van der Waals surface area contributed by atoms with Crippen LogP contribution in [0.4, 0.5) is 4.79 Å². The van der Waals surface area contributed by atoms with E-state index in [1.165, 1.54) is 0 Å². The van der Waals surface area contributed by atoms with Crippen molar-refractivity contribution in [2.24, 2.45) is 5.41 Å². The van der Waals surface area contributed by atoms with Gasteiger partial charge in [-0.2, -0.15) is 0 Å². The first-order valence-corrected chi connectivity index (χ1v) is 15.4. The normalized spacial score (nSPS) is 11.2. The monoisotopic (exact) mass is 717 g/mol. The molecule has 10 heteroatoms. The Morgan fingerprint density at radius 3 is 1.94 bits per heavy atom. The molecule has 0 spiro atoms. The second-order valence-corrected chi connectivity index (χ2v) is 12.8. The number of aliphatic hydroxyl groups is 1. The number of halogens is 3. The van der Waals surface area contributed by atoms with Gasteiger partial charge in [-0.1, -0.05) is 66.0 Å². The van der Waals surface area contributed by atoms with Crippen molar-refractivity contribution in [3.63, 3.8) is 0 Å². The summed E-state index contributed by atoms with van der Waals surface area (Å²) in [5, 5.41) is 13.2. The highest BCUT2D eigenvalue weighted by Crippen LogP contribution is 2.35. The Balaban J connectivity index is 1.56. The molecule has 0 aliphatic heterocycles. The van der Waals surface area contributed by atoms with Crippen LogP contribution in [0.1, 0.15) is 0 Å². The third-order valence-corrected chi connectivity index (χ3v) is 9.13. The lowest BCUT2D eigenvalue weighted by molar-refractivity contribution is 0.0661. The Hall–Kier alpha value is -1.17. The van der Waals surface area contributed by atoms with Crippen LogP contribution >= 0.6 is 71.3 Å². The van der Waals surface area contributed by atoms with Gasteiger partial charge in [0.2, 0.25) is 0 Å². The third kappa shape index (κ3) is 10.3. The average Bonchev–Trinajstić information content (AvgIpc) is 2.87. The summed E-state index contributed by atoms with van der Waals surface area (Å²) < 4.78 is 14.1. The van der Waals surface area contributed by atoms with Gasteiger partial charge in [0.05, 0.1) is 13.2 Å². The van der Waals surface area contributed by atoms with Crippen molar-refractivity contribution < 1.29 is 19.4 Å². The van der Waals surface area contributed by atoms with Crippen molar-refractivity contribution in [3.8, 4) is 5.75 Å². The highest BCUT2D eigenvalue weighted by molar-refractivity contribution is 9.11. The first-order chi connectivity index (χ1) is 17.4. The molecule has 0 heterocycles. The van der Waals surface area contributed by atoms with Crippen LogP contribution in [-0.2, 0) is 4.74 Å². The second kappa shape index (κ2) is 15.3. The van der Waals surface area contributed by atoms with Gasteiger partial charge < -0.3 is 19.9 Å². The summed E-state index contributed by atoms with van der Waals surface area (Å²) in [6.07, 6.45) is -0.537. The van der Waals surface area contributed by atoms with Gasteiger partial charge in [0.1, 0.15) is 19.0 Å². The highest BCUT2D eigenvalue weighted by atomic mass is 79.9. The average molecular weight is 720 g/mol. The predicted octanol–water partition coefficient (Wildman–Crippen LogP) is 7.64. The van der Waals surface area contributed by atoms with Crippen molar-refractivity contribution >= 4 is 77.4 Å². The fourth-order valence-corrected chi connectivity index (χ4v) is 6.88. The van der Waals surface area contributed by atoms with Crippen molar-refractivity contribution in [2.45, 2.75) is 9.79 Å². The Bertz CT molecular complexity index is 1090. The molecule has 192 valence electrons. The van der Waals surface area contributed by atoms with Crippen LogP contribution in [0.2, 0.25) is 0 Å². The lowest BCUT2D eigenvalue weighted by Crippen LogP contribution is -2.39. The number of hydrogen-bond donors (Lipinski definition) is 2. The number of amides is 1. The molecular weight excluding hydrogens is 694 g/mol. The van der Waals surface area contributed by atoms with E-state index < -0.39 is 11.5 Å². The molecule has 2 N–H and O–H groups in total. The van der Waals surface area contributed by atoms with Crippen LogP contribution in [0, 0.1) is 5.41 Å². The molecule has 36 heavy (non-hydrogen) atoms. The number of thioether (sulfide) groups is 2. The predicted molar refractivity (Wildman–Crippen MR) is 158 cm³/mol. The largest absolute Gasteiger partial charge is 0.492 e. The van der Waals surface area contributed by atoms with Gasteiger partial charge in [-0.25, -0.2) is 4.79 Å². The second-order valence-electron chi connectivity index (χ2n) is 7.96. The molecule has 0 bridgehead atoms. The number of benzene rings is 3. The molecule has 0 atom stereocenters. The maximum Gasteiger partial charge on any atom is 0.407 e. The zero-order valence-corrected chi connectivity index (χ0v) is 25.7. The summed E-state index contributed by atoms with van der Waals surface area (Å²) >= 11 is 13.7. The number of nitrogens with one attached hydrogen (secondary N) is 1. The van der Waals surface area contributed by atoms with E-state index in [2.05, 4.69) is 53.1 Å². The summed E-state index contributed by atoms with van der Waals surface area (Å²) in [5.41, 5.74) is -0.635. The maximum atomic E-state index is 12.4. The van der Waals surface area contributed by atoms with Crippen molar-refractivity contribution in [2.75, 3.05) is 37.9 Å². The van der Waals surface area contributed by atoms with E-state index >= 15 is 0 Å². The zero-order chi connectivity index (χ0) is 25.8. The Morgan fingerprint density at radius 1 is 0.861 bits per heavy atom. The summed E-state index contributed by atoms with van der Waals surface area (Å²) in [7, 11) is 0. The molecule has 1 amide bonds. The number of ether oxygens (including phenoxy) is 2. The molecule has 0 radical (unpaired) electrons. The van der Waals surface area contributed by atoms with Crippen LogP contribution in [0.25, 0.3) is 0 Å². The number of hydrogen-bond acceptors (Lipinski definition) is 6. The van der Waals surface area contributed by atoms with Gasteiger partial charge in [-0.3, -0.25) is 0 Å². The van der Waals surface area contributed by atoms with Gasteiger partial charge in [0.25, 0.3) is 0 Å². The van der Waals surface area contributed by atoms with Crippen LogP contribution in [0.5, 0.6) is 5.75 Å². The minimum absolute atomic E-state index is 0.0871. The molecule has 0 unspecified atom stereocenters. The van der Waals surface area contributed by atoms with Crippen LogP contribution in [-0.4, -0.2) is 49.1 Å². The molecule has 3 rings (SSSR count). The highest BCUT2D eigenvalue weighted by Gasteiger charge is 2.32. The van der Waals surface area contributed by atoms with E-state index in [1.54, 1.807) is 23.5 Å². The zero-order valence-electron chi connectivity index (χ0n) is 19.3. The number of rotatable bonds is 13. The van der Waals surface area contributed by atoms with Crippen molar-refractivity contribution in [1.82, 2.24) is 5.32 Å². The summed E-state index contributed by atoms with van der Waals surface area (Å²) in [5.74, 6) is 1.88. The molecule has 0 saturated heterocycles. The minimum Gasteiger partial charge on any atom is -0.492 e. The summed E-state index contributed by atoms with van der Waals surface area (Å²) in [6, 6.07) is 23.5. The Labute approximate surface area is 245 Å². The van der Waals surface area contributed by atoms with Gasteiger partial charge in [0, 0.05) is 40.1 Å². The summed E-state index contributed by atoms with van der Waals surface area (Å²) in [6.45, 7) is 0.587. The molecule has 0 aliphatic carbocycles. The quantitative estimate of drug-likeness (QED) is 0.140. The molecule has 3 aromatic rings. The SMILES string of the molecule is O=C(NCCOc1cccc(Br)c1)OCC(CO)(CSc1cccc(Br)c1)CSc1cccc(Br)c1. The molecule has 3 aromatic carbocycles. The molecule has 5 nitrogen and oxygen atoms in total. The van der Waals surface area contributed by atoms with Crippen molar-refractivity contribution in [3.05, 3.63) is 86.2 Å². The van der Waals surface area contributed by atoms with Gasteiger partial charge in [-0.05, 0) is 54.6 Å². The van der Waals surface area contributed by atoms with E-state index in [0.29, 0.717) is 30.4 Å². The first-order valence-electron chi connectivity index (χ1n) is 11.0. The topological polar surface area (TPSA) is 67.8 Å². The fourth-order valence-electron chi connectivity index (χ4n) is 3.00. The Kier molecular flexibility index (Phi) is 12.5. The number of carbonyl (C=O) groups is 1. The standard InChI is InChI=1S/C26H26Br3NO4S2/c27-19-4-1-7-22(12-19)33-11-10-30-25(32)34-16-26(15-31,17-35-23-8-2-5-20(28)13-23)18-36-24-9-3-6-21(29)14-24/h1-9,12-14,31H,10-11,15-18H2,(H,30,32). The number of alkyl carbamates (subject to hydrolysis) is 1. The van der Waals surface area contributed by atoms with Gasteiger partial charge in [-0.15, -0.1) is 23.5 Å². The van der Waals surface area contributed by atoms with Crippen LogP contribution in [0.15, 0.2) is 96.0 Å². The van der Waals surface area contributed by atoms with E-state index in [1.807, 2.05) is 72.8 Å². The summed E-state index contributed by atoms with van der Waals surface area (Å²) in [4.78, 5) is 14.6. The number of aliphatic hydroxyl groups excluding tert-OH is 1. The van der Waals surface area contributed by atoms with Crippen LogP contribution < -0.4 is 10.1 Å². The molecule has 0 saturated carbocycles. The smallest absolute Gasteiger partial charge is 0.407 e. The maximum absolute atomic E-state index is 12.4. The number of carbonyl (C=O) groups excluding carboxylic acids is 1. The fraction of sp³-hybridized carbons (Fsp3) is 0.269. The van der Waals surface area contributed by atoms with E-state index in [-0.39, 0.29) is 13.2 Å². The van der Waals surface area contributed by atoms with E-state index in [9.17, 15) is 9.90 Å². The molecule has 0 aromatic heterocycles. The van der Waals surface area contributed by atoms with Crippen LogP contribution in [0.3, 0.4) is 0 Å². The van der Waals surface area contributed by atoms with Gasteiger partial charge in [0.15, 0.2) is 0 Å². The van der Waals surface area contributed by atoms with Crippen molar-refractivity contribution in [1.29, 1.82) is 0 Å². The lowest BCUT2D eigenvalue weighted by atomic mass is 9.96. The minimum atomic E-state index is -0.635. The van der Waals surface area contributed by atoms with E-state index in [0.717, 1.165) is 23.2 Å². The molecular formula is C26H26Br3NO4S2. The third-order valence-electron chi connectivity index (χ3n) is 4.96. The van der Waals surface area contributed by atoms with E-state index in [4.69, 9.17) is 9.47 Å². The lowest BCUT2D eigenvalue weighted by Gasteiger charge is -2.31. The molecule has 0 aliphatic rings.